The zero-order valence-electron chi connectivity index (χ0n) is 24.1. The minimum Gasteiger partial charge on any atom is -0.437 e. The van der Waals surface area contributed by atoms with Gasteiger partial charge in [-0.05, 0) is 41.8 Å². The number of nitrogens with zero attached hydrogens (tertiary/aromatic N) is 3. The van der Waals surface area contributed by atoms with E-state index in [2.05, 4.69) is 68.7 Å². The van der Waals surface area contributed by atoms with Gasteiger partial charge in [0.25, 0.3) is 5.82 Å². The third-order valence-electron chi connectivity index (χ3n) is 8.41. The highest BCUT2D eigenvalue weighted by molar-refractivity contribution is 6.09. The topological polar surface area (TPSA) is 34.8 Å². The summed E-state index contributed by atoms with van der Waals surface area (Å²) in [7, 11) is 2.03. The SMILES string of the molecule is Cc1ccc2c(oc3nc(F)cc(F)c32)c1-c1n(-c2c(-c3ccccc3)cccc2-c2ccccc2)c2ccccc2[n+]1C. The van der Waals surface area contributed by atoms with Gasteiger partial charge < -0.3 is 4.42 Å². The van der Waals surface area contributed by atoms with Crippen molar-refractivity contribution in [2.45, 2.75) is 6.92 Å². The smallest absolute Gasteiger partial charge is 0.299 e. The number of para-hydroxylation sites is 3. The first-order valence-electron chi connectivity index (χ1n) is 14.4. The van der Waals surface area contributed by atoms with Gasteiger partial charge in [-0.2, -0.15) is 13.9 Å². The van der Waals surface area contributed by atoms with Crippen LogP contribution in [0.3, 0.4) is 0 Å². The molecule has 0 aliphatic rings. The van der Waals surface area contributed by atoms with Crippen LogP contribution in [-0.2, 0) is 7.05 Å². The Kier molecular flexibility index (Phi) is 5.91. The number of hydrogen-bond acceptors (Lipinski definition) is 2. The predicted molar refractivity (Wildman–Crippen MR) is 170 cm³/mol. The maximum atomic E-state index is 15.2. The van der Waals surface area contributed by atoms with Gasteiger partial charge in [-0.15, -0.1) is 0 Å². The molecule has 0 saturated carbocycles. The van der Waals surface area contributed by atoms with Crippen LogP contribution in [0.25, 0.3) is 72.4 Å². The molecule has 3 heterocycles. The fourth-order valence-corrected chi connectivity index (χ4v) is 6.45. The van der Waals surface area contributed by atoms with Crippen molar-refractivity contribution < 1.29 is 17.8 Å². The zero-order chi connectivity index (χ0) is 29.9. The first-order valence-corrected chi connectivity index (χ1v) is 14.4. The number of halogens is 2. The lowest BCUT2D eigenvalue weighted by molar-refractivity contribution is -0.633. The Bertz CT molecular complexity index is 2320. The molecule has 8 rings (SSSR count). The molecule has 212 valence electrons. The highest BCUT2D eigenvalue weighted by atomic mass is 19.1. The molecule has 0 fully saturated rings. The molecule has 0 atom stereocenters. The van der Waals surface area contributed by atoms with Gasteiger partial charge in [0, 0.05) is 22.6 Å². The van der Waals surface area contributed by atoms with Gasteiger partial charge in [0.1, 0.15) is 17.1 Å². The van der Waals surface area contributed by atoms with Crippen LogP contribution in [0.5, 0.6) is 0 Å². The van der Waals surface area contributed by atoms with E-state index in [9.17, 15) is 4.39 Å². The van der Waals surface area contributed by atoms with Gasteiger partial charge in [-0.3, -0.25) is 0 Å². The number of furan rings is 1. The summed E-state index contributed by atoms with van der Waals surface area (Å²) in [6.07, 6.45) is 0. The number of aromatic nitrogens is 3. The second-order valence-corrected chi connectivity index (χ2v) is 11.0. The van der Waals surface area contributed by atoms with Crippen LogP contribution in [0.15, 0.2) is 126 Å². The molecule has 0 N–H and O–H groups in total. The Hall–Kier alpha value is -5.62. The minimum absolute atomic E-state index is 0.0654. The van der Waals surface area contributed by atoms with Crippen LogP contribution in [0.4, 0.5) is 8.78 Å². The van der Waals surface area contributed by atoms with E-state index in [1.54, 1.807) is 0 Å². The van der Waals surface area contributed by atoms with Crippen molar-refractivity contribution in [1.82, 2.24) is 9.55 Å². The van der Waals surface area contributed by atoms with Gasteiger partial charge in [0.15, 0.2) is 16.6 Å². The molecule has 0 aliphatic carbocycles. The second kappa shape index (κ2) is 9.99. The average molecular weight is 579 g/mol. The summed E-state index contributed by atoms with van der Waals surface area (Å²) in [5.41, 5.74) is 9.35. The van der Waals surface area contributed by atoms with E-state index < -0.39 is 11.8 Å². The minimum atomic E-state index is -0.920. The lowest BCUT2D eigenvalue weighted by Gasteiger charge is -2.15. The Labute approximate surface area is 252 Å². The molecule has 6 heteroatoms. The van der Waals surface area contributed by atoms with Crippen molar-refractivity contribution in [1.29, 1.82) is 0 Å². The Morgan fingerprint density at radius 3 is 2.05 bits per heavy atom. The summed E-state index contributed by atoms with van der Waals surface area (Å²) < 4.78 is 40.0. The predicted octanol–water partition coefficient (Wildman–Crippen LogP) is 9.34. The molecule has 0 unspecified atom stereocenters. The van der Waals surface area contributed by atoms with Crippen molar-refractivity contribution in [3.8, 4) is 39.3 Å². The van der Waals surface area contributed by atoms with E-state index in [4.69, 9.17) is 4.42 Å². The maximum Gasteiger partial charge on any atom is 0.299 e. The molecule has 44 heavy (non-hydrogen) atoms. The summed E-state index contributed by atoms with van der Waals surface area (Å²) in [6.45, 7) is 2.01. The largest absolute Gasteiger partial charge is 0.437 e. The van der Waals surface area contributed by atoms with Crippen LogP contribution < -0.4 is 4.57 Å². The number of fused-ring (bicyclic) bond motifs is 4. The second-order valence-electron chi connectivity index (χ2n) is 11.0. The Morgan fingerprint density at radius 1 is 0.727 bits per heavy atom. The number of hydrogen-bond donors (Lipinski definition) is 0. The first kappa shape index (κ1) is 26.0. The number of pyridine rings is 1. The fraction of sp³-hybridized carbons (Fsp3) is 0.0526. The lowest BCUT2D eigenvalue weighted by Crippen LogP contribution is -2.30. The highest BCUT2D eigenvalue weighted by Crippen LogP contribution is 2.43. The third kappa shape index (κ3) is 3.88. The first-order chi connectivity index (χ1) is 21.5. The van der Waals surface area contributed by atoms with Crippen LogP contribution >= 0.6 is 0 Å². The van der Waals surface area contributed by atoms with E-state index in [-0.39, 0.29) is 11.1 Å². The van der Waals surface area contributed by atoms with Gasteiger partial charge in [-0.1, -0.05) is 97.1 Å². The molecule has 8 aromatic rings. The van der Waals surface area contributed by atoms with E-state index in [1.165, 1.54) is 0 Å². The van der Waals surface area contributed by atoms with Gasteiger partial charge >= 0.3 is 0 Å². The molecule has 4 nitrogen and oxygen atoms in total. The molecule has 0 amide bonds. The molecular weight excluding hydrogens is 552 g/mol. The molecule has 0 saturated heterocycles. The molecule has 5 aromatic carbocycles. The van der Waals surface area contributed by atoms with Gasteiger partial charge in [0.2, 0.25) is 11.7 Å². The van der Waals surface area contributed by atoms with Crippen LogP contribution in [0.1, 0.15) is 5.56 Å². The van der Waals surface area contributed by atoms with Crippen molar-refractivity contribution in [2.75, 3.05) is 0 Å². The summed E-state index contributed by atoms with van der Waals surface area (Å²) in [5, 5.41) is 0.713. The molecule has 0 aliphatic heterocycles. The number of rotatable bonds is 4. The molecule has 3 aromatic heterocycles. The monoisotopic (exact) mass is 578 g/mol. The molecule has 0 radical (unpaired) electrons. The van der Waals surface area contributed by atoms with Crippen molar-refractivity contribution >= 4 is 33.1 Å². The van der Waals surface area contributed by atoms with Crippen molar-refractivity contribution in [3.05, 3.63) is 139 Å². The van der Waals surface area contributed by atoms with Crippen molar-refractivity contribution in [3.63, 3.8) is 0 Å². The lowest BCUT2D eigenvalue weighted by atomic mass is 9.95. The normalized spacial score (nSPS) is 11.6. The molecular formula is C38H26F2N3O+. The third-order valence-corrected chi connectivity index (χ3v) is 8.41. The summed E-state index contributed by atoms with van der Waals surface area (Å²) >= 11 is 0. The summed E-state index contributed by atoms with van der Waals surface area (Å²) in [5.74, 6) is -0.780. The van der Waals surface area contributed by atoms with Crippen LogP contribution in [0, 0.1) is 18.7 Å². The number of imidazole rings is 1. The Morgan fingerprint density at radius 2 is 1.36 bits per heavy atom. The molecule has 0 bridgehead atoms. The standard InChI is InChI=1S/C38H26F2N3O/c1-23-20-21-28-34-29(39)22-32(40)41-37(34)44-36(28)33(23)38-42(2)30-18-9-10-19-31(30)43(38)35-26(24-12-5-3-6-13-24)16-11-17-27(35)25-14-7-4-8-15-25/h3-22H,1-2H3/q+1. The maximum absolute atomic E-state index is 15.2. The van der Waals surface area contributed by atoms with Gasteiger partial charge in [0.05, 0.1) is 12.4 Å². The summed E-state index contributed by atoms with van der Waals surface area (Å²) in [4.78, 5) is 3.90. The zero-order valence-corrected chi connectivity index (χ0v) is 24.1. The van der Waals surface area contributed by atoms with E-state index in [0.29, 0.717) is 11.0 Å². The Balaban J connectivity index is 1.57. The quantitative estimate of drug-likeness (QED) is 0.154. The fourth-order valence-electron chi connectivity index (χ4n) is 6.45. The van der Waals surface area contributed by atoms with Crippen LogP contribution in [-0.4, -0.2) is 9.55 Å². The number of aryl methyl sites for hydroxylation is 2. The summed E-state index contributed by atoms with van der Waals surface area (Å²) in [6, 6.07) is 39.9. The van der Waals surface area contributed by atoms with E-state index in [0.717, 1.165) is 62.0 Å². The van der Waals surface area contributed by atoms with Crippen molar-refractivity contribution in [2.24, 2.45) is 7.05 Å². The van der Waals surface area contributed by atoms with Crippen LogP contribution in [0.2, 0.25) is 0 Å². The average Bonchev–Trinajstić information content (AvgIpc) is 3.56. The van der Waals surface area contributed by atoms with Gasteiger partial charge in [-0.25, -0.2) is 8.96 Å². The molecule has 0 spiro atoms. The van der Waals surface area contributed by atoms with E-state index in [1.807, 2.05) is 74.6 Å². The van der Waals surface area contributed by atoms with E-state index >= 15 is 4.39 Å². The highest BCUT2D eigenvalue weighted by Gasteiger charge is 2.33. The number of benzene rings is 5.